The first kappa shape index (κ1) is 11.2. The molecule has 0 amide bonds. The zero-order valence-electron chi connectivity index (χ0n) is 8.00. The van der Waals surface area contributed by atoms with Crippen LogP contribution in [0.25, 0.3) is 0 Å². The molecule has 2 unspecified atom stereocenters. The fourth-order valence-electron chi connectivity index (χ4n) is 1.55. The lowest BCUT2D eigenvalue weighted by Gasteiger charge is -2.20. The van der Waals surface area contributed by atoms with E-state index in [0.29, 0.717) is 6.42 Å². The number of benzene rings is 1. The van der Waals surface area contributed by atoms with Gasteiger partial charge in [-0.2, -0.15) is 0 Å². The molecule has 0 radical (unpaired) electrons. The van der Waals surface area contributed by atoms with E-state index in [1.165, 1.54) is 0 Å². The Labute approximate surface area is 83.6 Å². The van der Waals surface area contributed by atoms with E-state index in [9.17, 15) is 5.11 Å². The molecule has 0 aromatic heterocycles. The number of rotatable bonds is 5. The number of aliphatic hydroxyl groups excluding tert-OH is 3. The smallest absolute Gasteiger partial charge is 0.0840 e. The van der Waals surface area contributed by atoms with Gasteiger partial charge in [-0.1, -0.05) is 30.3 Å². The summed E-state index contributed by atoms with van der Waals surface area (Å²) in [6, 6.07) is 9.43. The number of hydrogen-bond donors (Lipinski definition) is 3. The predicted molar refractivity (Wildman–Crippen MR) is 54.0 cm³/mol. The summed E-state index contributed by atoms with van der Waals surface area (Å²) < 4.78 is 0. The SMILES string of the molecule is OCCC(c1ccccc1)C(O)CO. The zero-order chi connectivity index (χ0) is 10.4. The molecule has 1 rings (SSSR count). The van der Waals surface area contributed by atoms with Crippen LogP contribution in [0.4, 0.5) is 0 Å². The molecule has 0 fully saturated rings. The number of aliphatic hydroxyl groups is 3. The van der Waals surface area contributed by atoms with E-state index in [1.807, 2.05) is 30.3 Å². The molecule has 14 heavy (non-hydrogen) atoms. The minimum Gasteiger partial charge on any atom is -0.396 e. The lowest BCUT2D eigenvalue weighted by molar-refractivity contribution is 0.0642. The second-order valence-electron chi connectivity index (χ2n) is 3.28. The average molecular weight is 196 g/mol. The molecular weight excluding hydrogens is 180 g/mol. The van der Waals surface area contributed by atoms with E-state index in [1.54, 1.807) is 0 Å². The molecule has 0 spiro atoms. The third kappa shape index (κ3) is 2.80. The van der Waals surface area contributed by atoms with Gasteiger partial charge in [0.15, 0.2) is 0 Å². The van der Waals surface area contributed by atoms with Crippen LogP contribution in [0.15, 0.2) is 30.3 Å². The van der Waals surface area contributed by atoms with Gasteiger partial charge in [-0.05, 0) is 12.0 Å². The molecule has 78 valence electrons. The van der Waals surface area contributed by atoms with E-state index in [-0.39, 0.29) is 19.1 Å². The quantitative estimate of drug-likeness (QED) is 0.643. The molecule has 0 aliphatic rings. The van der Waals surface area contributed by atoms with Crippen LogP contribution in [0.1, 0.15) is 17.9 Å². The van der Waals surface area contributed by atoms with Crippen LogP contribution < -0.4 is 0 Å². The average Bonchev–Trinajstić information content (AvgIpc) is 2.26. The van der Waals surface area contributed by atoms with Gasteiger partial charge in [0.1, 0.15) is 0 Å². The van der Waals surface area contributed by atoms with Crippen LogP contribution in [0.3, 0.4) is 0 Å². The molecule has 3 N–H and O–H groups in total. The van der Waals surface area contributed by atoms with Crippen molar-refractivity contribution in [2.75, 3.05) is 13.2 Å². The van der Waals surface area contributed by atoms with Gasteiger partial charge in [0.25, 0.3) is 0 Å². The van der Waals surface area contributed by atoms with Gasteiger partial charge in [0.2, 0.25) is 0 Å². The molecule has 3 nitrogen and oxygen atoms in total. The van der Waals surface area contributed by atoms with Crippen molar-refractivity contribution in [1.29, 1.82) is 0 Å². The zero-order valence-corrected chi connectivity index (χ0v) is 8.00. The number of hydrogen-bond acceptors (Lipinski definition) is 3. The molecule has 0 bridgehead atoms. The van der Waals surface area contributed by atoms with E-state index >= 15 is 0 Å². The Morgan fingerprint density at radius 3 is 2.21 bits per heavy atom. The van der Waals surface area contributed by atoms with Crippen molar-refractivity contribution in [3.05, 3.63) is 35.9 Å². The monoisotopic (exact) mass is 196 g/mol. The summed E-state index contributed by atoms with van der Waals surface area (Å²) in [6.45, 7) is -0.268. The standard InChI is InChI=1S/C11H16O3/c12-7-6-10(11(14)8-13)9-4-2-1-3-5-9/h1-5,10-14H,6-8H2. The Morgan fingerprint density at radius 2 is 1.71 bits per heavy atom. The molecule has 0 aliphatic heterocycles. The Kier molecular flexibility index (Phi) is 4.59. The molecule has 2 atom stereocenters. The predicted octanol–water partition coefficient (Wildman–Crippen LogP) is 0.506. The van der Waals surface area contributed by atoms with E-state index < -0.39 is 6.10 Å². The highest BCUT2D eigenvalue weighted by Crippen LogP contribution is 2.22. The van der Waals surface area contributed by atoms with Crippen molar-refractivity contribution in [2.24, 2.45) is 0 Å². The van der Waals surface area contributed by atoms with Crippen molar-refractivity contribution < 1.29 is 15.3 Å². The van der Waals surface area contributed by atoms with Crippen LogP contribution in [-0.2, 0) is 0 Å². The highest BCUT2D eigenvalue weighted by molar-refractivity contribution is 5.20. The summed E-state index contributed by atoms with van der Waals surface area (Å²) in [5.41, 5.74) is 0.947. The van der Waals surface area contributed by atoms with Gasteiger partial charge in [-0.25, -0.2) is 0 Å². The van der Waals surface area contributed by atoms with Crippen LogP contribution in [0, 0.1) is 0 Å². The summed E-state index contributed by atoms with van der Waals surface area (Å²) in [4.78, 5) is 0. The summed E-state index contributed by atoms with van der Waals surface area (Å²) >= 11 is 0. The fourth-order valence-corrected chi connectivity index (χ4v) is 1.55. The highest BCUT2D eigenvalue weighted by Gasteiger charge is 2.19. The third-order valence-corrected chi connectivity index (χ3v) is 2.32. The van der Waals surface area contributed by atoms with Gasteiger partial charge in [0.05, 0.1) is 12.7 Å². The lowest BCUT2D eigenvalue weighted by Crippen LogP contribution is -2.23. The van der Waals surface area contributed by atoms with Crippen LogP contribution in [0.2, 0.25) is 0 Å². The van der Waals surface area contributed by atoms with Crippen LogP contribution in [0.5, 0.6) is 0 Å². The Hall–Kier alpha value is -0.900. The Morgan fingerprint density at radius 1 is 1.07 bits per heavy atom. The largest absolute Gasteiger partial charge is 0.396 e. The van der Waals surface area contributed by atoms with Crippen molar-refractivity contribution in [1.82, 2.24) is 0 Å². The first-order valence-electron chi connectivity index (χ1n) is 4.74. The van der Waals surface area contributed by atoms with Crippen molar-refractivity contribution >= 4 is 0 Å². The summed E-state index contributed by atoms with van der Waals surface area (Å²) in [5.74, 6) is -0.189. The fraction of sp³-hybridized carbons (Fsp3) is 0.455. The van der Waals surface area contributed by atoms with Crippen molar-refractivity contribution in [3.8, 4) is 0 Å². The van der Waals surface area contributed by atoms with Crippen LogP contribution >= 0.6 is 0 Å². The molecule has 1 aromatic rings. The maximum atomic E-state index is 9.54. The van der Waals surface area contributed by atoms with E-state index in [4.69, 9.17) is 10.2 Å². The first-order valence-corrected chi connectivity index (χ1v) is 4.74. The minimum absolute atomic E-state index is 0.0105. The molecule has 3 heteroatoms. The molecular formula is C11H16O3. The van der Waals surface area contributed by atoms with Gasteiger partial charge in [0, 0.05) is 12.5 Å². The first-order chi connectivity index (χ1) is 6.79. The third-order valence-electron chi connectivity index (χ3n) is 2.32. The normalized spacial score (nSPS) is 15.1. The van der Waals surface area contributed by atoms with Gasteiger partial charge in [-0.15, -0.1) is 0 Å². The summed E-state index contributed by atoms with van der Waals surface area (Å²) in [7, 11) is 0. The van der Waals surface area contributed by atoms with E-state index in [0.717, 1.165) is 5.56 Å². The Bertz CT molecular complexity index is 248. The molecule has 0 heterocycles. The second kappa shape index (κ2) is 5.75. The molecule has 1 aromatic carbocycles. The topological polar surface area (TPSA) is 60.7 Å². The Balaban J connectivity index is 2.77. The van der Waals surface area contributed by atoms with E-state index in [2.05, 4.69) is 0 Å². The van der Waals surface area contributed by atoms with Gasteiger partial charge in [-0.3, -0.25) is 0 Å². The summed E-state index contributed by atoms with van der Waals surface area (Å²) in [5, 5.41) is 27.3. The highest BCUT2D eigenvalue weighted by atomic mass is 16.3. The maximum Gasteiger partial charge on any atom is 0.0840 e. The van der Waals surface area contributed by atoms with Crippen molar-refractivity contribution in [3.63, 3.8) is 0 Å². The maximum absolute atomic E-state index is 9.54. The summed E-state index contributed by atoms with van der Waals surface area (Å²) in [6.07, 6.45) is -0.337. The van der Waals surface area contributed by atoms with Crippen molar-refractivity contribution in [2.45, 2.75) is 18.4 Å². The van der Waals surface area contributed by atoms with Gasteiger partial charge >= 0.3 is 0 Å². The molecule has 0 saturated carbocycles. The lowest BCUT2D eigenvalue weighted by atomic mass is 9.91. The van der Waals surface area contributed by atoms with Gasteiger partial charge < -0.3 is 15.3 Å². The molecule has 0 aliphatic carbocycles. The molecule has 0 saturated heterocycles. The van der Waals surface area contributed by atoms with Crippen LogP contribution in [-0.4, -0.2) is 34.6 Å². The second-order valence-corrected chi connectivity index (χ2v) is 3.28. The minimum atomic E-state index is -0.801.